The number of thiophene rings is 1. The van der Waals surface area contributed by atoms with Gasteiger partial charge in [0.2, 0.25) is 0 Å². The molecule has 0 aliphatic carbocycles. The van der Waals surface area contributed by atoms with Crippen molar-refractivity contribution in [3.63, 3.8) is 0 Å². The number of benzene rings is 2. The van der Waals surface area contributed by atoms with Crippen LogP contribution in [0.3, 0.4) is 0 Å². The molecule has 3 rings (SSSR count). The zero-order valence-electron chi connectivity index (χ0n) is 14.4. The van der Waals surface area contributed by atoms with Gasteiger partial charge in [-0.3, -0.25) is 0 Å². The number of ether oxygens (including phenoxy) is 1. The van der Waals surface area contributed by atoms with Crippen molar-refractivity contribution in [2.24, 2.45) is 0 Å². The lowest BCUT2D eigenvalue weighted by Gasteiger charge is -2.08. The van der Waals surface area contributed by atoms with Gasteiger partial charge < -0.3 is 15.2 Å². The second-order valence-corrected chi connectivity index (χ2v) is 6.86. The Morgan fingerprint density at radius 3 is 2.50 bits per heavy atom. The molecule has 1 heterocycles. The maximum absolute atomic E-state index is 10.9. The molecule has 0 unspecified atom stereocenters. The predicted molar refractivity (Wildman–Crippen MR) is 105 cm³/mol. The smallest absolute Gasteiger partial charge is 0.345 e. The van der Waals surface area contributed by atoms with Crippen LogP contribution in [-0.4, -0.2) is 17.6 Å². The Kier molecular flexibility index (Phi) is 6.28. The third kappa shape index (κ3) is 5.36. The van der Waals surface area contributed by atoms with Crippen LogP contribution >= 0.6 is 11.3 Å². The lowest BCUT2D eigenvalue weighted by Crippen LogP contribution is -2.02. The summed E-state index contributed by atoms with van der Waals surface area (Å²) in [6.07, 6.45) is 1.93. The van der Waals surface area contributed by atoms with E-state index >= 15 is 0 Å². The maximum atomic E-state index is 10.9. The number of rotatable bonds is 9. The molecule has 0 amide bonds. The van der Waals surface area contributed by atoms with Crippen LogP contribution < -0.4 is 10.1 Å². The lowest BCUT2D eigenvalue weighted by atomic mass is 10.1. The zero-order chi connectivity index (χ0) is 18.2. The van der Waals surface area contributed by atoms with Crippen molar-refractivity contribution >= 4 is 23.0 Å². The van der Waals surface area contributed by atoms with E-state index in [1.807, 2.05) is 47.8 Å². The molecule has 4 nitrogen and oxygen atoms in total. The van der Waals surface area contributed by atoms with Gasteiger partial charge in [0.15, 0.2) is 0 Å². The van der Waals surface area contributed by atoms with Crippen LogP contribution in [0.2, 0.25) is 0 Å². The Morgan fingerprint density at radius 2 is 1.81 bits per heavy atom. The van der Waals surface area contributed by atoms with E-state index in [0.29, 0.717) is 11.5 Å². The van der Waals surface area contributed by atoms with E-state index in [-0.39, 0.29) is 0 Å². The van der Waals surface area contributed by atoms with E-state index in [1.165, 1.54) is 16.9 Å². The minimum absolute atomic E-state index is 0.360. The first-order valence-electron chi connectivity index (χ1n) is 8.52. The van der Waals surface area contributed by atoms with E-state index in [1.54, 1.807) is 6.07 Å². The van der Waals surface area contributed by atoms with Crippen LogP contribution in [0.25, 0.3) is 0 Å². The number of carboxylic acids is 1. The molecule has 0 atom stereocenters. The van der Waals surface area contributed by atoms with Crippen molar-refractivity contribution in [2.75, 3.05) is 11.9 Å². The summed E-state index contributed by atoms with van der Waals surface area (Å²) in [6.45, 7) is 1.38. The van der Waals surface area contributed by atoms with Gasteiger partial charge in [-0.2, -0.15) is 0 Å². The largest absolute Gasteiger partial charge is 0.489 e. The molecule has 0 saturated heterocycles. The lowest BCUT2D eigenvalue weighted by molar-refractivity contribution is 0.0702. The standard InChI is InChI=1S/C21H21NO3S/c23-21(24)20-13-18(15-26-20)22-12-4-7-16-8-10-19(11-9-16)25-14-17-5-2-1-3-6-17/h1-3,5-6,8-11,13,15,22H,4,7,12,14H2,(H,23,24). The number of anilines is 1. The maximum Gasteiger partial charge on any atom is 0.345 e. The molecule has 2 N–H and O–H groups in total. The summed E-state index contributed by atoms with van der Waals surface area (Å²) >= 11 is 1.24. The molecule has 0 radical (unpaired) electrons. The van der Waals surface area contributed by atoms with E-state index in [4.69, 9.17) is 9.84 Å². The van der Waals surface area contributed by atoms with Crippen LogP contribution in [0.15, 0.2) is 66.0 Å². The zero-order valence-corrected chi connectivity index (χ0v) is 15.2. The van der Waals surface area contributed by atoms with Crippen LogP contribution in [0.5, 0.6) is 5.75 Å². The SMILES string of the molecule is O=C(O)c1cc(NCCCc2ccc(OCc3ccccc3)cc2)cs1. The van der Waals surface area contributed by atoms with Gasteiger partial charge in [-0.05, 0) is 42.2 Å². The molecule has 134 valence electrons. The minimum Gasteiger partial charge on any atom is -0.489 e. The second kappa shape index (κ2) is 9.06. The van der Waals surface area contributed by atoms with Gasteiger partial charge in [-0.25, -0.2) is 4.79 Å². The number of hydrogen-bond donors (Lipinski definition) is 2. The van der Waals surface area contributed by atoms with Gasteiger partial charge in [0.05, 0.1) is 0 Å². The van der Waals surface area contributed by atoms with Crippen molar-refractivity contribution in [3.05, 3.63) is 82.0 Å². The monoisotopic (exact) mass is 367 g/mol. The fourth-order valence-electron chi connectivity index (χ4n) is 2.56. The van der Waals surface area contributed by atoms with E-state index in [2.05, 4.69) is 17.4 Å². The van der Waals surface area contributed by atoms with Gasteiger partial charge >= 0.3 is 5.97 Å². The molecular formula is C21H21NO3S. The van der Waals surface area contributed by atoms with Crippen LogP contribution in [0, 0.1) is 0 Å². The molecule has 0 fully saturated rings. The Balaban J connectivity index is 1.39. The number of hydrogen-bond acceptors (Lipinski definition) is 4. The number of carboxylic acid groups (broad SMARTS) is 1. The quantitative estimate of drug-likeness (QED) is 0.518. The second-order valence-electron chi connectivity index (χ2n) is 5.95. The predicted octanol–water partition coefficient (Wildman–Crippen LogP) is 5.07. The minimum atomic E-state index is -0.877. The number of carbonyl (C=O) groups is 1. The van der Waals surface area contributed by atoms with Crippen molar-refractivity contribution in [1.29, 1.82) is 0 Å². The third-order valence-corrected chi connectivity index (χ3v) is 4.87. The van der Waals surface area contributed by atoms with Crippen LogP contribution in [-0.2, 0) is 13.0 Å². The highest BCUT2D eigenvalue weighted by molar-refractivity contribution is 7.12. The highest BCUT2D eigenvalue weighted by Gasteiger charge is 2.06. The highest BCUT2D eigenvalue weighted by atomic mass is 32.1. The Bertz CT molecular complexity index is 828. The third-order valence-electron chi connectivity index (χ3n) is 3.95. The molecule has 1 aromatic heterocycles. The summed E-state index contributed by atoms with van der Waals surface area (Å²) in [5.41, 5.74) is 3.29. The normalized spacial score (nSPS) is 10.5. The first-order chi connectivity index (χ1) is 12.7. The summed E-state index contributed by atoms with van der Waals surface area (Å²) in [5, 5.41) is 14.0. The van der Waals surface area contributed by atoms with E-state index < -0.39 is 5.97 Å². The van der Waals surface area contributed by atoms with E-state index in [9.17, 15) is 4.79 Å². The van der Waals surface area contributed by atoms with E-state index in [0.717, 1.165) is 36.4 Å². The fourth-order valence-corrected chi connectivity index (χ4v) is 3.26. The molecule has 0 bridgehead atoms. The van der Waals surface area contributed by atoms with Crippen molar-refractivity contribution in [1.82, 2.24) is 0 Å². The van der Waals surface area contributed by atoms with Gasteiger partial charge in [0.25, 0.3) is 0 Å². The number of aryl methyl sites for hydroxylation is 1. The molecule has 5 heteroatoms. The molecular weight excluding hydrogens is 346 g/mol. The Labute approximate surface area is 157 Å². The van der Waals surface area contributed by atoms with Gasteiger partial charge in [-0.1, -0.05) is 42.5 Å². The summed E-state index contributed by atoms with van der Waals surface area (Å²) in [6, 6.07) is 20.0. The molecule has 0 spiro atoms. The van der Waals surface area contributed by atoms with Gasteiger partial charge in [-0.15, -0.1) is 11.3 Å². The first kappa shape index (κ1) is 18.0. The Hall–Kier alpha value is -2.79. The first-order valence-corrected chi connectivity index (χ1v) is 9.40. The average Bonchev–Trinajstić information content (AvgIpc) is 3.15. The molecule has 0 aliphatic rings. The average molecular weight is 367 g/mol. The fraction of sp³-hybridized carbons (Fsp3) is 0.190. The van der Waals surface area contributed by atoms with Crippen LogP contribution in [0.1, 0.15) is 27.2 Å². The van der Waals surface area contributed by atoms with Gasteiger partial charge in [0.1, 0.15) is 17.2 Å². The topological polar surface area (TPSA) is 58.6 Å². The molecule has 0 saturated carbocycles. The summed E-state index contributed by atoms with van der Waals surface area (Å²) < 4.78 is 5.79. The van der Waals surface area contributed by atoms with Crippen molar-refractivity contribution in [3.8, 4) is 5.75 Å². The van der Waals surface area contributed by atoms with Crippen LogP contribution in [0.4, 0.5) is 5.69 Å². The summed E-state index contributed by atoms with van der Waals surface area (Å²) in [5.74, 6) is -0.00664. The van der Waals surface area contributed by atoms with Crippen molar-refractivity contribution < 1.29 is 14.6 Å². The Morgan fingerprint density at radius 1 is 1.04 bits per heavy atom. The molecule has 3 aromatic rings. The summed E-state index contributed by atoms with van der Waals surface area (Å²) in [7, 11) is 0. The number of nitrogens with one attached hydrogen (secondary N) is 1. The van der Waals surface area contributed by atoms with Gasteiger partial charge in [0, 0.05) is 17.6 Å². The molecule has 0 aliphatic heterocycles. The summed E-state index contributed by atoms with van der Waals surface area (Å²) in [4.78, 5) is 11.2. The molecule has 2 aromatic carbocycles. The highest BCUT2D eigenvalue weighted by Crippen LogP contribution is 2.19. The number of aromatic carboxylic acids is 1. The molecule has 26 heavy (non-hydrogen) atoms. The van der Waals surface area contributed by atoms with Crippen molar-refractivity contribution in [2.45, 2.75) is 19.4 Å².